The van der Waals surface area contributed by atoms with Gasteiger partial charge in [-0.25, -0.2) is 4.79 Å². The van der Waals surface area contributed by atoms with Crippen LogP contribution in [0.5, 0.6) is 5.75 Å². The average molecular weight is 325 g/mol. The molecular weight excluding hydrogens is 306 g/mol. The van der Waals surface area contributed by atoms with Gasteiger partial charge in [0.1, 0.15) is 23.5 Å². The quantitative estimate of drug-likeness (QED) is 0.463. The Balaban J connectivity index is 2.45. The summed E-state index contributed by atoms with van der Waals surface area (Å²) in [4.78, 5) is 12.2. The second-order valence-electron chi connectivity index (χ2n) is 5.24. The Kier molecular flexibility index (Phi) is 5.94. The number of ether oxygens (including phenoxy) is 3. The van der Waals surface area contributed by atoms with Gasteiger partial charge in [0.25, 0.3) is 0 Å². The Bertz CT molecular complexity index is 805. The molecule has 0 bridgehead atoms. The summed E-state index contributed by atoms with van der Waals surface area (Å²) in [6.45, 7) is 1.97. The lowest BCUT2D eigenvalue weighted by molar-refractivity contribution is -0.145. The number of benzene rings is 2. The van der Waals surface area contributed by atoms with Gasteiger partial charge in [0.2, 0.25) is 0 Å². The zero-order valence-corrected chi connectivity index (χ0v) is 13.9. The second kappa shape index (κ2) is 8.14. The van der Waals surface area contributed by atoms with Crippen molar-refractivity contribution >= 4 is 22.8 Å². The molecule has 5 nitrogen and oxygen atoms in total. The third-order valence-corrected chi connectivity index (χ3v) is 3.49. The average Bonchev–Trinajstić information content (AvgIpc) is 2.59. The maximum atomic E-state index is 12.2. The number of carbonyl (C=O) groups excluding carboxylic acids is 1. The Morgan fingerprint density at radius 2 is 2.00 bits per heavy atom. The van der Waals surface area contributed by atoms with Crippen molar-refractivity contribution in [1.82, 2.24) is 0 Å². The van der Waals surface area contributed by atoms with Crippen molar-refractivity contribution in [3.63, 3.8) is 0 Å². The number of nitrogens with zero attached hydrogens (tertiary/aromatic N) is 1. The normalized spacial score (nSPS) is 12.5. The lowest BCUT2D eigenvalue weighted by Gasteiger charge is -2.12. The zero-order chi connectivity index (χ0) is 17.5. The van der Waals surface area contributed by atoms with Gasteiger partial charge >= 0.3 is 5.97 Å². The first-order chi connectivity index (χ1) is 11.6. The standard InChI is InChI=1S/C19H19NO4/c1-13(12-22-2)24-19(21)15(11-20)10-17-16-7-5-4-6-14(16)8-9-18(17)23-3/h4-10,13H,12H2,1-3H3/b15-10+/t13-/m0/s1. The van der Waals surface area contributed by atoms with Crippen LogP contribution in [0.15, 0.2) is 42.0 Å². The molecule has 5 heteroatoms. The highest BCUT2D eigenvalue weighted by molar-refractivity contribution is 6.02. The summed E-state index contributed by atoms with van der Waals surface area (Å²) in [7, 11) is 3.07. The molecule has 0 spiro atoms. The van der Waals surface area contributed by atoms with Crippen molar-refractivity contribution in [2.24, 2.45) is 0 Å². The molecule has 0 aliphatic rings. The molecule has 124 valence electrons. The molecule has 2 aromatic rings. The van der Waals surface area contributed by atoms with Crippen molar-refractivity contribution in [2.45, 2.75) is 13.0 Å². The van der Waals surface area contributed by atoms with E-state index in [4.69, 9.17) is 14.2 Å². The minimum atomic E-state index is -0.683. The van der Waals surface area contributed by atoms with Gasteiger partial charge in [0.05, 0.1) is 13.7 Å². The number of carbonyl (C=O) groups is 1. The SMILES string of the molecule is COC[C@H](C)OC(=O)/C(C#N)=C/c1c(OC)ccc2ccccc12. The molecule has 1 atom stereocenters. The predicted octanol–water partition coefficient (Wildman–Crippen LogP) is 3.33. The number of hydrogen-bond acceptors (Lipinski definition) is 5. The van der Waals surface area contributed by atoms with Gasteiger partial charge in [-0.05, 0) is 29.8 Å². The van der Waals surface area contributed by atoms with E-state index in [1.54, 1.807) is 14.0 Å². The lowest BCUT2D eigenvalue weighted by Crippen LogP contribution is -2.20. The van der Waals surface area contributed by atoms with Crippen LogP contribution in [0.2, 0.25) is 0 Å². The van der Waals surface area contributed by atoms with Crippen molar-refractivity contribution < 1.29 is 19.0 Å². The molecule has 0 unspecified atom stereocenters. The number of hydrogen-bond donors (Lipinski definition) is 0. The van der Waals surface area contributed by atoms with Crippen molar-refractivity contribution in [3.05, 3.63) is 47.5 Å². The molecule has 0 saturated carbocycles. The van der Waals surface area contributed by atoms with Crippen molar-refractivity contribution in [3.8, 4) is 11.8 Å². The van der Waals surface area contributed by atoms with E-state index in [0.717, 1.165) is 10.8 Å². The van der Waals surface area contributed by atoms with Crippen LogP contribution in [-0.4, -0.2) is 32.9 Å². The van der Waals surface area contributed by atoms with Gasteiger partial charge in [0.15, 0.2) is 0 Å². The maximum absolute atomic E-state index is 12.2. The van der Waals surface area contributed by atoms with E-state index in [2.05, 4.69) is 0 Å². The molecule has 0 amide bonds. The third-order valence-electron chi connectivity index (χ3n) is 3.49. The first-order valence-corrected chi connectivity index (χ1v) is 7.48. The molecule has 0 N–H and O–H groups in total. The van der Waals surface area contributed by atoms with E-state index < -0.39 is 12.1 Å². The van der Waals surface area contributed by atoms with E-state index >= 15 is 0 Å². The van der Waals surface area contributed by atoms with E-state index in [9.17, 15) is 10.1 Å². The van der Waals surface area contributed by atoms with Crippen LogP contribution in [0.1, 0.15) is 12.5 Å². The topological polar surface area (TPSA) is 68.5 Å². The minimum absolute atomic E-state index is 0.0902. The second-order valence-corrected chi connectivity index (χ2v) is 5.24. The van der Waals surface area contributed by atoms with Gasteiger partial charge < -0.3 is 14.2 Å². The fourth-order valence-electron chi connectivity index (χ4n) is 2.40. The fraction of sp³-hybridized carbons (Fsp3) is 0.263. The van der Waals surface area contributed by atoms with Crippen LogP contribution < -0.4 is 4.74 Å². The largest absolute Gasteiger partial charge is 0.496 e. The van der Waals surface area contributed by atoms with Crippen LogP contribution in [0.3, 0.4) is 0 Å². The first-order valence-electron chi connectivity index (χ1n) is 7.48. The molecule has 2 aromatic carbocycles. The highest BCUT2D eigenvalue weighted by Crippen LogP contribution is 2.30. The Labute approximate surface area is 141 Å². The molecule has 24 heavy (non-hydrogen) atoms. The summed E-state index contributed by atoms with van der Waals surface area (Å²) in [5.74, 6) is -0.101. The third kappa shape index (κ3) is 3.92. The van der Waals surface area contributed by atoms with E-state index in [-0.39, 0.29) is 12.2 Å². The summed E-state index contributed by atoms with van der Waals surface area (Å²) in [5.41, 5.74) is 0.580. The number of nitriles is 1. The van der Waals surface area contributed by atoms with Gasteiger partial charge in [-0.15, -0.1) is 0 Å². The Morgan fingerprint density at radius 3 is 2.67 bits per heavy atom. The smallest absolute Gasteiger partial charge is 0.349 e. The van der Waals surface area contributed by atoms with Crippen molar-refractivity contribution in [2.75, 3.05) is 20.8 Å². The molecular formula is C19H19NO4. The number of methoxy groups -OCH3 is 2. The van der Waals surface area contributed by atoms with Crippen LogP contribution in [0.4, 0.5) is 0 Å². The fourth-order valence-corrected chi connectivity index (χ4v) is 2.40. The Morgan fingerprint density at radius 1 is 1.25 bits per heavy atom. The maximum Gasteiger partial charge on any atom is 0.349 e. The molecule has 0 aliphatic carbocycles. The van der Waals surface area contributed by atoms with E-state index in [1.807, 2.05) is 42.5 Å². The van der Waals surface area contributed by atoms with E-state index in [0.29, 0.717) is 11.3 Å². The summed E-state index contributed by atoms with van der Waals surface area (Å²) in [6, 6.07) is 13.3. The van der Waals surface area contributed by atoms with E-state index in [1.165, 1.54) is 13.2 Å². The minimum Gasteiger partial charge on any atom is -0.496 e. The molecule has 0 heterocycles. The molecule has 0 saturated heterocycles. The van der Waals surface area contributed by atoms with Gasteiger partial charge in [-0.2, -0.15) is 5.26 Å². The predicted molar refractivity (Wildman–Crippen MR) is 91.5 cm³/mol. The van der Waals surface area contributed by atoms with Gasteiger partial charge in [-0.3, -0.25) is 0 Å². The number of fused-ring (bicyclic) bond motifs is 1. The summed E-state index contributed by atoms with van der Waals surface area (Å²) in [6.07, 6.45) is 1.07. The lowest BCUT2D eigenvalue weighted by atomic mass is 10.0. The summed E-state index contributed by atoms with van der Waals surface area (Å²) in [5, 5.41) is 11.2. The zero-order valence-electron chi connectivity index (χ0n) is 13.9. The monoisotopic (exact) mass is 325 g/mol. The first kappa shape index (κ1) is 17.5. The number of esters is 1. The highest BCUT2D eigenvalue weighted by atomic mass is 16.6. The molecule has 0 aliphatic heterocycles. The van der Waals surface area contributed by atoms with Gasteiger partial charge in [-0.1, -0.05) is 30.3 Å². The van der Waals surface area contributed by atoms with Crippen LogP contribution in [0, 0.1) is 11.3 Å². The van der Waals surface area contributed by atoms with Crippen molar-refractivity contribution in [1.29, 1.82) is 5.26 Å². The molecule has 0 radical (unpaired) electrons. The summed E-state index contributed by atoms with van der Waals surface area (Å²) >= 11 is 0. The number of rotatable bonds is 6. The van der Waals surface area contributed by atoms with Crippen LogP contribution >= 0.6 is 0 Å². The Hall–Kier alpha value is -2.84. The molecule has 0 aromatic heterocycles. The molecule has 0 fully saturated rings. The van der Waals surface area contributed by atoms with Crippen LogP contribution in [-0.2, 0) is 14.3 Å². The highest BCUT2D eigenvalue weighted by Gasteiger charge is 2.16. The molecule has 2 rings (SSSR count). The summed E-state index contributed by atoms with van der Waals surface area (Å²) < 4.78 is 15.5. The van der Waals surface area contributed by atoms with Crippen LogP contribution in [0.25, 0.3) is 16.8 Å². The van der Waals surface area contributed by atoms with Gasteiger partial charge in [0, 0.05) is 12.7 Å².